The Kier molecular flexibility index (Phi) is 7.24. The van der Waals surface area contributed by atoms with Crippen LogP contribution in [0, 0.1) is 5.41 Å². The number of halogens is 2. The molecule has 0 aliphatic carbocycles. The van der Waals surface area contributed by atoms with E-state index in [0.29, 0.717) is 31.7 Å². The number of carboxylic acids is 1. The Morgan fingerprint density at radius 3 is 2.32 bits per heavy atom. The van der Waals surface area contributed by atoms with Gasteiger partial charge in [0.2, 0.25) is 0 Å². The first-order chi connectivity index (χ1) is 10.4. The summed E-state index contributed by atoms with van der Waals surface area (Å²) in [6.45, 7) is 4.03. The number of benzene rings is 1. The normalized spacial score (nSPS) is 11.7. The smallest absolute Gasteiger partial charge is 0.310 e. The summed E-state index contributed by atoms with van der Waals surface area (Å²) in [6.07, 6.45) is -1.37. The summed E-state index contributed by atoms with van der Waals surface area (Å²) in [5.41, 5.74) is 0.191. The van der Waals surface area contributed by atoms with Crippen LogP contribution in [0.3, 0.4) is 0 Å². The molecule has 2 N–H and O–H groups in total. The average Bonchev–Trinajstić information content (AvgIpc) is 2.50. The largest absolute Gasteiger partial charge is 0.488 e. The molecule has 0 fully saturated rings. The van der Waals surface area contributed by atoms with E-state index in [-0.39, 0.29) is 0 Å². The molecule has 0 heterocycles. The summed E-state index contributed by atoms with van der Waals surface area (Å²) in [6, 6.07) is 6.80. The minimum absolute atomic E-state index is 0.388. The Morgan fingerprint density at radius 2 is 1.86 bits per heavy atom. The van der Waals surface area contributed by atoms with Gasteiger partial charge in [0.1, 0.15) is 12.4 Å². The van der Waals surface area contributed by atoms with Gasteiger partial charge in [0.05, 0.1) is 5.41 Å². The van der Waals surface area contributed by atoms with Gasteiger partial charge in [-0.05, 0) is 30.5 Å². The first kappa shape index (κ1) is 18.4. The lowest BCUT2D eigenvalue weighted by atomic mass is 9.82. The number of nitrogens with one attached hydrogen (secondary N) is 1. The molecule has 0 amide bonds. The van der Waals surface area contributed by atoms with Crippen molar-refractivity contribution < 1.29 is 23.4 Å². The lowest BCUT2D eigenvalue weighted by Gasteiger charge is -2.27. The highest BCUT2D eigenvalue weighted by Crippen LogP contribution is 2.25. The summed E-state index contributed by atoms with van der Waals surface area (Å²) in [4.78, 5) is 11.4. The number of carbonyl (C=O) groups is 1. The van der Waals surface area contributed by atoms with E-state index in [9.17, 15) is 18.7 Å². The second kappa shape index (κ2) is 8.68. The van der Waals surface area contributed by atoms with Crippen LogP contribution >= 0.6 is 0 Å². The summed E-state index contributed by atoms with van der Waals surface area (Å²) in [5.74, 6) is -0.396. The van der Waals surface area contributed by atoms with E-state index < -0.39 is 24.4 Å². The highest BCUT2D eigenvalue weighted by molar-refractivity contribution is 5.74. The summed E-state index contributed by atoms with van der Waals surface area (Å²) in [7, 11) is 0. The molecule has 22 heavy (non-hydrogen) atoms. The predicted molar refractivity (Wildman–Crippen MR) is 80.3 cm³/mol. The number of alkyl halides is 2. The Bertz CT molecular complexity index is 459. The van der Waals surface area contributed by atoms with Crippen molar-refractivity contribution in [3.05, 3.63) is 29.8 Å². The molecule has 1 rings (SSSR count). The standard InChI is InChI=1S/C16H23F2NO3/c1-3-16(4-2,15(20)21)11-19-9-12-5-7-13(8-6-12)22-10-14(17)18/h5-8,14,19H,3-4,9-11H2,1-2H3,(H,20,21). The van der Waals surface area contributed by atoms with Crippen LogP contribution in [0.25, 0.3) is 0 Å². The summed E-state index contributed by atoms with van der Waals surface area (Å²) >= 11 is 0. The number of carboxylic acid groups (broad SMARTS) is 1. The maximum Gasteiger partial charge on any atom is 0.310 e. The van der Waals surface area contributed by atoms with Crippen LogP contribution in [0.1, 0.15) is 32.3 Å². The zero-order valence-electron chi connectivity index (χ0n) is 12.9. The van der Waals surface area contributed by atoms with Gasteiger partial charge in [-0.2, -0.15) is 0 Å². The van der Waals surface area contributed by atoms with Gasteiger partial charge < -0.3 is 15.2 Å². The van der Waals surface area contributed by atoms with E-state index in [4.69, 9.17) is 4.74 Å². The van der Waals surface area contributed by atoms with Gasteiger partial charge in [-0.25, -0.2) is 8.78 Å². The van der Waals surface area contributed by atoms with Gasteiger partial charge in [-0.15, -0.1) is 0 Å². The first-order valence-electron chi connectivity index (χ1n) is 7.37. The summed E-state index contributed by atoms with van der Waals surface area (Å²) in [5, 5.41) is 12.5. The third-order valence-electron chi connectivity index (χ3n) is 3.90. The Morgan fingerprint density at radius 1 is 1.27 bits per heavy atom. The first-order valence-corrected chi connectivity index (χ1v) is 7.37. The van der Waals surface area contributed by atoms with Crippen molar-refractivity contribution in [1.29, 1.82) is 0 Å². The van der Waals surface area contributed by atoms with Crippen molar-refractivity contribution in [1.82, 2.24) is 5.32 Å². The zero-order chi connectivity index (χ0) is 16.6. The molecule has 1 aromatic rings. The van der Waals surface area contributed by atoms with Crippen molar-refractivity contribution in [2.24, 2.45) is 5.41 Å². The van der Waals surface area contributed by atoms with E-state index in [1.807, 2.05) is 13.8 Å². The third kappa shape index (κ3) is 5.26. The van der Waals surface area contributed by atoms with Crippen LogP contribution in [-0.4, -0.2) is 30.7 Å². The highest BCUT2D eigenvalue weighted by atomic mass is 19.3. The Hall–Kier alpha value is -1.69. The molecule has 6 heteroatoms. The maximum atomic E-state index is 12.0. The minimum Gasteiger partial charge on any atom is -0.488 e. The molecule has 0 saturated heterocycles. The van der Waals surface area contributed by atoms with E-state index in [1.165, 1.54) is 0 Å². The molecule has 4 nitrogen and oxygen atoms in total. The highest BCUT2D eigenvalue weighted by Gasteiger charge is 2.34. The minimum atomic E-state index is -2.49. The van der Waals surface area contributed by atoms with Crippen LogP contribution in [-0.2, 0) is 11.3 Å². The average molecular weight is 315 g/mol. The van der Waals surface area contributed by atoms with Crippen molar-refractivity contribution in [2.45, 2.75) is 39.7 Å². The monoisotopic (exact) mass is 315 g/mol. The van der Waals surface area contributed by atoms with Crippen LogP contribution in [0.4, 0.5) is 8.78 Å². The third-order valence-corrected chi connectivity index (χ3v) is 3.90. The molecule has 1 aromatic carbocycles. The lowest BCUT2D eigenvalue weighted by molar-refractivity contribution is -0.149. The topological polar surface area (TPSA) is 58.6 Å². The zero-order valence-corrected chi connectivity index (χ0v) is 12.9. The molecule has 0 saturated carbocycles. The van der Waals surface area contributed by atoms with Crippen molar-refractivity contribution in [3.8, 4) is 5.75 Å². The van der Waals surface area contributed by atoms with Crippen LogP contribution < -0.4 is 10.1 Å². The molecule has 0 unspecified atom stereocenters. The van der Waals surface area contributed by atoms with Crippen LogP contribution in [0.2, 0.25) is 0 Å². The molecular formula is C16H23F2NO3. The Labute approximate surface area is 129 Å². The maximum absolute atomic E-state index is 12.0. The second-order valence-electron chi connectivity index (χ2n) is 5.24. The molecule has 0 aliphatic rings. The molecule has 0 bridgehead atoms. The number of rotatable bonds is 10. The van der Waals surface area contributed by atoms with Crippen molar-refractivity contribution >= 4 is 5.97 Å². The second-order valence-corrected chi connectivity index (χ2v) is 5.24. The molecule has 0 aromatic heterocycles. The fourth-order valence-corrected chi connectivity index (χ4v) is 2.19. The molecule has 0 aliphatic heterocycles. The van der Waals surface area contributed by atoms with E-state index in [1.54, 1.807) is 24.3 Å². The quantitative estimate of drug-likeness (QED) is 0.695. The SMILES string of the molecule is CCC(CC)(CNCc1ccc(OCC(F)F)cc1)C(=O)O. The fraction of sp³-hybridized carbons (Fsp3) is 0.562. The van der Waals surface area contributed by atoms with E-state index in [0.717, 1.165) is 5.56 Å². The molecule has 124 valence electrons. The van der Waals surface area contributed by atoms with Crippen LogP contribution in [0.5, 0.6) is 5.75 Å². The predicted octanol–water partition coefficient (Wildman–Crippen LogP) is 3.31. The van der Waals surface area contributed by atoms with Gasteiger partial charge >= 0.3 is 5.97 Å². The number of ether oxygens (including phenoxy) is 1. The van der Waals surface area contributed by atoms with Crippen LogP contribution in [0.15, 0.2) is 24.3 Å². The molecular weight excluding hydrogens is 292 g/mol. The number of aliphatic carboxylic acids is 1. The molecule has 0 atom stereocenters. The van der Waals surface area contributed by atoms with Crippen molar-refractivity contribution in [3.63, 3.8) is 0 Å². The van der Waals surface area contributed by atoms with Gasteiger partial charge in [0.25, 0.3) is 6.43 Å². The number of hydrogen-bond acceptors (Lipinski definition) is 3. The Balaban J connectivity index is 2.49. The fourth-order valence-electron chi connectivity index (χ4n) is 2.19. The van der Waals surface area contributed by atoms with Gasteiger partial charge in [0.15, 0.2) is 0 Å². The van der Waals surface area contributed by atoms with Gasteiger partial charge in [0, 0.05) is 13.1 Å². The van der Waals surface area contributed by atoms with Gasteiger partial charge in [-0.1, -0.05) is 26.0 Å². The number of hydrogen-bond donors (Lipinski definition) is 2. The molecule has 0 radical (unpaired) electrons. The van der Waals surface area contributed by atoms with E-state index >= 15 is 0 Å². The lowest BCUT2D eigenvalue weighted by Crippen LogP contribution is -2.39. The van der Waals surface area contributed by atoms with Gasteiger partial charge in [-0.3, -0.25) is 4.79 Å². The molecule has 0 spiro atoms. The van der Waals surface area contributed by atoms with Crippen molar-refractivity contribution in [2.75, 3.05) is 13.2 Å². The summed E-state index contributed by atoms with van der Waals surface area (Å²) < 4.78 is 29.0. The van der Waals surface area contributed by atoms with E-state index in [2.05, 4.69) is 5.32 Å².